The Kier molecular flexibility index (Phi) is 7.18. The van der Waals surface area contributed by atoms with E-state index in [1.165, 1.54) is 5.56 Å². The van der Waals surface area contributed by atoms with Crippen LogP contribution in [0.3, 0.4) is 0 Å². The molecule has 0 aliphatic heterocycles. The number of benzene rings is 2. The number of ether oxygens (including phenoxy) is 1. The van der Waals surface area contributed by atoms with E-state index in [4.69, 9.17) is 4.74 Å². The molecule has 5 heteroatoms. The fourth-order valence-corrected chi connectivity index (χ4v) is 2.76. The lowest BCUT2D eigenvalue weighted by Crippen LogP contribution is -2.25. The van der Waals surface area contributed by atoms with E-state index >= 15 is 0 Å². The molecule has 140 valence electrons. The molecule has 0 aliphatic carbocycles. The number of hydrogen-bond donors (Lipinski definition) is 1. The van der Waals surface area contributed by atoms with Gasteiger partial charge in [0, 0.05) is 31.1 Å². The Bertz CT molecular complexity index is 799. The minimum absolute atomic E-state index is 0.0510. The summed E-state index contributed by atoms with van der Waals surface area (Å²) < 4.78 is 7.49. The maximum Gasteiger partial charge on any atom is 0.251 e. The van der Waals surface area contributed by atoms with Crippen LogP contribution in [0.5, 0.6) is 0 Å². The van der Waals surface area contributed by atoms with Crippen molar-refractivity contribution in [1.82, 2.24) is 15.1 Å². The monoisotopic (exact) mass is 363 g/mol. The molecule has 0 saturated heterocycles. The first kappa shape index (κ1) is 18.9. The maximum absolute atomic E-state index is 12.2. The molecule has 1 N–H and O–H groups in total. The van der Waals surface area contributed by atoms with Crippen molar-refractivity contribution in [2.45, 2.75) is 19.4 Å². The van der Waals surface area contributed by atoms with Crippen molar-refractivity contribution in [3.63, 3.8) is 0 Å². The minimum atomic E-state index is -0.0510. The van der Waals surface area contributed by atoms with E-state index in [-0.39, 0.29) is 5.91 Å². The first-order valence-corrected chi connectivity index (χ1v) is 9.27. The summed E-state index contributed by atoms with van der Waals surface area (Å²) in [5.74, 6) is -0.0510. The number of carbonyl (C=O) groups excluding carboxylic acids is 1. The Morgan fingerprint density at radius 2 is 1.78 bits per heavy atom. The maximum atomic E-state index is 12.2. The van der Waals surface area contributed by atoms with Gasteiger partial charge in [0.15, 0.2) is 0 Å². The van der Waals surface area contributed by atoms with Crippen molar-refractivity contribution >= 4 is 5.91 Å². The zero-order chi connectivity index (χ0) is 18.7. The predicted molar refractivity (Wildman–Crippen MR) is 106 cm³/mol. The lowest BCUT2D eigenvalue weighted by molar-refractivity contribution is 0.0942. The average molecular weight is 363 g/mol. The van der Waals surface area contributed by atoms with Gasteiger partial charge in [-0.3, -0.25) is 9.48 Å². The average Bonchev–Trinajstić information content (AvgIpc) is 3.21. The molecule has 0 atom stereocenters. The summed E-state index contributed by atoms with van der Waals surface area (Å²) in [6.45, 7) is 2.67. The Morgan fingerprint density at radius 1 is 0.963 bits per heavy atom. The Hall–Kier alpha value is -2.92. The van der Waals surface area contributed by atoms with E-state index in [1.54, 1.807) is 6.20 Å². The van der Waals surface area contributed by atoms with Crippen molar-refractivity contribution in [2.24, 2.45) is 0 Å². The van der Waals surface area contributed by atoms with E-state index in [1.807, 2.05) is 59.4 Å². The predicted octanol–water partition coefficient (Wildman–Crippen LogP) is 3.31. The summed E-state index contributed by atoms with van der Waals surface area (Å²) in [6.07, 6.45) is 5.39. The summed E-state index contributed by atoms with van der Waals surface area (Å²) in [6, 6.07) is 19.8. The van der Waals surface area contributed by atoms with Gasteiger partial charge in [-0.15, -0.1) is 0 Å². The van der Waals surface area contributed by atoms with Crippen molar-refractivity contribution in [3.05, 3.63) is 89.7 Å². The lowest BCUT2D eigenvalue weighted by Gasteiger charge is -2.07. The summed E-state index contributed by atoms with van der Waals surface area (Å²) >= 11 is 0. The van der Waals surface area contributed by atoms with Gasteiger partial charge in [0.25, 0.3) is 5.91 Å². The smallest absolute Gasteiger partial charge is 0.251 e. The molecule has 2 aromatic carbocycles. The second-order valence-corrected chi connectivity index (χ2v) is 6.36. The third kappa shape index (κ3) is 6.38. The van der Waals surface area contributed by atoms with Crippen LogP contribution in [-0.2, 0) is 17.7 Å². The molecule has 0 spiro atoms. The lowest BCUT2D eigenvalue weighted by atomic mass is 10.1. The highest BCUT2D eigenvalue weighted by molar-refractivity contribution is 5.94. The van der Waals surface area contributed by atoms with Crippen LogP contribution in [0.1, 0.15) is 27.9 Å². The zero-order valence-electron chi connectivity index (χ0n) is 15.4. The van der Waals surface area contributed by atoms with Gasteiger partial charge in [0.1, 0.15) is 0 Å². The quantitative estimate of drug-likeness (QED) is 0.562. The Morgan fingerprint density at radius 3 is 2.52 bits per heavy atom. The number of hydrogen-bond acceptors (Lipinski definition) is 3. The van der Waals surface area contributed by atoms with Crippen LogP contribution < -0.4 is 5.32 Å². The summed E-state index contributed by atoms with van der Waals surface area (Å²) in [7, 11) is 0. The molecule has 0 saturated carbocycles. The van der Waals surface area contributed by atoms with Gasteiger partial charge in [-0.2, -0.15) is 5.10 Å². The normalized spacial score (nSPS) is 10.7. The SMILES string of the molecule is O=C(NCCCOCCc1ccccc1)c1ccc(Cn2cccn2)cc1. The van der Waals surface area contributed by atoms with E-state index in [0.717, 1.165) is 18.4 Å². The van der Waals surface area contributed by atoms with Gasteiger partial charge in [-0.1, -0.05) is 42.5 Å². The second kappa shape index (κ2) is 10.3. The molecular formula is C22H25N3O2. The topological polar surface area (TPSA) is 56.1 Å². The first-order chi connectivity index (χ1) is 13.3. The van der Waals surface area contributed by atoms with E-state index in [0.29, 0.717) is 31.9 Å². The number of amides is 1. The fraction of sp³-hybridized carbons (Fsp3) is 0.273. The molecule has 27 heavy (non-hydrogen) atoms. The molecule has 0 radical (unpaired) electrons. The third-order valence-corrected chi connectivity index (χ3v) is 4.25. The van der Waals surface area contributed by atoms with Crippen LogP contribution >= 0.6 is 0 Å². The molecule has 0 aliphatic rings. The molecule has 3 aromatic rings. The van der Waals surface area contributed by atoms with Crippen molar-refractivity contribution in [2.75, 3.05) is 19.8 Å². The van der Waals surface area contributed by atoms with Gasteiger partial charge in [-0.05, 0) is 42.2 Å². The summed E-state index contributed by atoms with van der Waals surface area (Å²) in [5, 5.41) is 7.12. The number of carbonyl (C=O) groups is 1. The number of nitrogens with zero attached hydrogens (tertiary/aromatic N) is 2. The summed E-state index contributed by atoms with van der Waals surface area (Å²) in [5.41, 5.74) is 3.06. The summed E-state index contributed by atoms with van der Waals surface area (Å²) in [4.78, 5) is 12.2. The molecule has 1 heterocycles. The second-order valence-electron chi connectivity index (χ2n) is 6.36. The van der Waals surface area contributed by atoms with Gasteiger partial charge in [-0.25, -0.2) is 0 Å². The molecule has 1 aromatic heterocycles. The minimum Gasteiger partial charge on any atom is -0.381 e. The zero-order valence-corrected chi connectivity index (χ0v) is 15.4. The van der Waals surface area contributed by atoms with Gasteiger partial charge < -0.3 is 10.1 Å². The van der Waals surface area contributed by atoms with E-state index in [2.05, 4.69) is 22.5 Å². The molecule has 0 bridgehead atoms. The van der Waals surface area contributed by atoms with E-state index < -0.39 is 0 Å². The number of aromatic nitrogens is 2. The first-order valence-electron chi connectivity index (χ1n) is 9.27. The molecule has 0 fully saturated rings. The van der Waals surface area contributed by atoms with Gasteiger partial charge in [0.2, 0.25) is 0 Å². The van der Waals surface area contributed by atoms with Crippen LogP contribution in [0.15, 0.2) is 73.1 Å². The number of nitrogens with one attached hydrogen (secondary N) is 1. The van der Waals surface area contributed by atoms with Crippen molar-refractivity contribution in [1.29, 1.82) is 0 Å². The van der Waals surface area contributed by atoms with Crippen molar-refractivity contribution < 1.29 is 9.53 Å². The van der Waals surface area contributed by atoms with Crippen molar-refractivity contribution in [3.8, 4) is 0 Å². The number of rotatable bonds is 10. The van der Waals surface area contributed by atoms with Crippen LogP contribution in [0, 0.1) is 0 Å². The van der Waals surface area contributed by atoms with Gasteiger partial charge in [0.05, 0.1) is 13.2 Å². The van der Waals surface area contributed by atoms with Gasteiger partial charge >= 0.3 is 0 Å². The highest BCUT2D eigenvalue weighted by Crippen LogP contribution is 2.06. The molecule has 1 amide bonds. The fourth-order valence-electron chi connectivity index (χ4n) is 2.76. The Labute approximate surface area is 160 Å². The Balaban J connectivity index is 1.30. The molecule has 5 nitrogen and oxygen atoms in total. The van der Waals surface area contributed by atoms with Crippen LogP contribution in [0.4, 0.5) is 0 Å². The standard InChI is InChI=1S/C22H25N3O2/c26-22(21-10-8-20(9-11-21)18-25-15-4-14-24-25)23-13-5-16-27-17-12-19-6-2-1-3-7-19/h1-4,6-11,14-15H,5,12-13,16-18H2,(H,23,26). The van der Waals surface area contributed by atoms with E-state index in [9.17, 15) is 4.79 Å². The molecule has 3 rings (SSSR count). The highest BCUT2D eigenvalue weighted by atomic mass is 16.5. The largest absolute Gasteiger partial charge is 0.381 e. The third-order valence-electron chi connectivity index (χ3n) is 4.25. The molecular weight excluding hydrogens is 338 g/mol. The molecule has 0 unspecified atom stereocenters. The highest BCUT2D eigenvalue weighted by Gasteiger charge is 2.05. The van der Waals surface area contributed by atoms with Crippen LogP contribution in [0.25, 0.3) is 0 Å². The van der Waals surface area contributed by atoms with Crippen LogP contribution in [-0.4, -0.2) is 35.4 Å². The van der Waals surface area contributed by atoms with Crippen LogP contribution in [0.2, 0.25) is 0 Å².